The number of phenolic OH excluding ortho intramolecular Hbond substituents is 2. The van der Waals surface area contributed by atoms with Gasteiger partial charge in [-0.05, 0) is 67.9 Å². The van der Waals surface area contributed by atoms with Crippen molar-refractivity contribution < 1.29 is 43.2 Å². The number of primary sulfonamides is 1. The number of aromatic nitrogens is 2. The van der Waals surface area contributed by atoms with Gasteiger partial charge in [-0.1, -0.05) is 0 Å². The van der Waals surface area contributed by atoms with Crippen LogP contribution in [0, 0.1) is 5.41 Å². The van der Waals surface area contributed by atoms with Crippen LogP contribution < -0.4 is 16.2 Å². The summed E-state index contributed by atoms with van der Waals surface area (Å²) in [7, 11) is -4.24. The Morgan fingerprint density at radius 1 is 1.02 bits per heavy atom. The number of nitrogens with zero attached hydrogens (tertiary/aromatic N) is 1. The molecule has 15 nitrogen and oxygen atoms in total. The van der Waals surface area contributed by atoms with E-state index in [1.165, 1.54) is 32.0 Å². The summed E-state index contributed by atoms with van der Waals surface area (Å²) in [4.78, 5) is 43.3. The highest BCUT2D eigenvalue weighted by Gasteiger charge is 2.35. The third-order valence-electron chi connectivity index (χ3n) is 7.02. The number of rotatable bonds is 10. The van der Waals surface area contributed by atoms with E-state index in [0.29, 0.717) is 16.6 Å². The number of H-pyrrole nitrogens is 1. The van der Waals surface area contributed by atoms with Gasteiger partial charge in [-0.15, -0.1) is 0 Å². The van der Waals surface area contributed by atoms with E-state index in [9.17, 15) is 38.1 Å². The van der Waals surface area contributed by atoms with E-state index >= 15 is 0 Å². The molecule has 4 aromatic rings. The molecule has 0 aliphatic carbocycles. The monoisotopic (exact) mass is 624 g/mol. The van der Waals surface area contributed by atoms with E-state index in [4.69, 9.17) is 21.4 Å². The van der Waals surface area contributed by atoms with Gasteiger partial charge in [0.2, 0.25) is 15.9 Å². The Morgan fingerprint density at radius 3 is 2.27 bits per heavy atom. The highest BCUT2D eigenvalue weighted by molar-refractivity contribution is 7.89. The number of aromatic hydroxyl groups is 2. The second-order valence-corrected chi connectivity index (χ2v) is 12.0. The third-order valence-corrected chi connectivity index (χ3v) is 7.93. The van der Waals surface area contributed by atoms with Gasteiger partial charge in [0.15, 0.2) is 0 Å². The molecule has 3 aromatic carbocycles. The Bertz CT molecular complexity index is 1970. The molecule has 1 amide bonds. The smallest absolute Gasteiger partial charge is 0.326 e. The highest BCUT2D eigenvalue weighted by atomic mass is 32.2. The SMILES string of the molecule is CC(C)(C(=O)N[C@@H](CC(=O)O)C(=O)O)c1cc(-c2nc3cc(C(=N)N)ccc3[nH]2)c(O)c(-c2cc(S(N)(=O)=O)ccc2O)c1. The van der Waals surface area contributed by atoms with Gasteiger partial charge in [-0.3, -0.25) is 15.0 Å². The molecule has 0 saturated carbocycles. The molecule has 230 valence electrons. The van der Waals surface area contributed by atoms with Crippen LogP contribution >= 0.6 is 0 Å². The number of nitrogen functional groups attached to an aromatic ring is 1. The van der Waals surface area contributed by atoms with Crippen LogP contribution in [-0.2, 0) is 29.8 Å². The first-order valence-electron chi connectivity index (χ1n) is 12.7. The molecule has 1 aromatic heterocycles. The lowest BCUT2D eigenvalue weighted by molar-refractivity contribution is -0.147. The van der Waals surface area contributed by atoms with Crippen molar-refractivity contribution >= 4 is 44.7 Å². The van der Waals surface area contributed by atoms with Crippen LogP contribution in [0.2, 0.25) is 0 Å². The minimum absolute atomic E-state index is 0.000297. The molecule has 44 heavy (non-hydrogen) atoms. The van der Waals surface area contributed by atoms with Crippen molar-refractivity contribution in [3.8, 4) is 34.0 Å². The van der Waals surface area contributed by atoms with Gasteiger partial charge in [0.1, 0.15) is 29.2 Å². The zero-order chi connectivity index (χ0) is 32.7. The molecular formula is C28H28N6O9S. The molecule has 16 heteroatoms. The number of fused-ring (bicyclic) bond motifs is 1. The quantitative estimate of drug-likeness (QED) is 0.0901. The molecule has 4 rings (SSSR count). The standard InChI is InChI=1S/C28H28N6O9S/c1-28(2,27(41)34-20(26(39)40)11-22(36)37)13-8-16(15-10-14(44(31,42)43)4-6-21(15)35)23(38)17(9-13)25-32-18-5-3-12(24(29)30)7-19(18)33-25/h3-10,20,35,38H,11H2,1-2H3,(H3,29,30)(H,32,33)(H,34,41)(H,36,37)(H,39,40)(H2,31,42,43)/t20-/m0/s1. The summed E-state index contributed by atoms with van der Waals surface area (Å²) in [6, 6.07) is 8.81. The van der Waals surface area contributed by atoms with Crippen LogP contribution in [0.4, 0.5) is 0 Å². The van der Waals surface area contributed by atoms with E-state index in [2.05, 4.69) is 15.3 Å². The largest absolute Gasteiger partial charge is 0.507 e. The maximum absolute atomic E-state index is 13.4. The molecular weight excluding hydrogens is 596 g/mol. The number of aliphatic carboxylic acids is 2. The van der Waals surface area contributed by atoms with Crippen molar-refractivity contribution in [3.05, 3.63) is 59.7 Å². The van der Waals surface area contributed by atoms with Crippen molar-refractivity contribution in [2.45, 2.75) is 36.6 Å². The number of carbonyl (C=O) groups excluding carboxylic acids is 1. The van der Waals surface area contributed by atoms with Gasteiger partial charge in [-0.2, -0.15) is 0 Å². The number of hydrogen-bond acceptors (Lipinski definition) is 9. The molecule has 0 aliphatic rings. The van der Waals surface area contributed by atoms with Crippen LogP contribution in [0.15, 0.2) is 53.4 Å². The second kappa shape index (κ2) is 11.3. The topological polar surface area (TPSA) is 283 Å². The summed E-state index contributed by atoms with van der Waals surface area (Å²) in [5.74, 6) is -4.95. The number of carboxylic acid groups (broad SMARTS) is 2. The van der Waals surface area contributed by atoms with Gasteiger partial charge in [0.05, 0.1) is 33.3 Å². The van der Waals surface area contributed by atoms with Gasteiger partial charge in [0, 0.05) is 16.7 Å². The number of hydrogen-bond donors (Lipinski definition) is 9. The van der Waals surface area contributed by atoms with Crippen molar-refractivity contribution in [3.63, 3.8) is 0 Å². The first kappa shape index (κ1) is 31.5. The van der Waals surface area contributed by atoms with Gasteiger partial charge in [-0.25, -0.2) is 23.3 Å². The number of benzene rings is 3. The van der Waals surface area contributed by atoms with Gasteiger partial charge >= 0.3 is 11.9 Å². The number of imidazole rings is 1. The van der Waals surface area contributed by atoms with Crippen molar-refractivity contribution in [1.29, 1.82) is 5.41 Å². The van der Waals surface area contributed by atoms with E-state index in [0.717, 1.165) is 18.2 Å². The van der Waals surface area contributed by atoms with E-state index in [1.54, 1.807) is 12.1 Å². The summed E-state index contributed by atoms with van der Waals surface area (Å²) in [5, 5.41) is 55.9. The van der Waals surface area contributed by atoms with Crippen LogP contribution in [-0.4, -0.2) is 68.5 Å². The molecule has 1 atom stereocenters. The Balaban J connectivity index is 1.97. The Kier molecular flexibility index (Phi) is 8.08. The number of carboxylic acids is 2. The lowest BCUT2D eigenvalue weighted by Gasteiger charge is -2.27. The fourth-order valence-electron chi connectivity index (χ4n) is 4.43. The summed E-state index contributed by atoms with van der Waals surface area (Å²) < 4.78 is 24.2. The van der Waals surface area contributed by atoms with E-state index in [1.807, 2.05) is 0 Å². The molecule has 0 spiro atoms. The number of phenols is 2. The maximum Gasteiger partial charge on any atom is 0.326 e. The number of nitrogens with two attached hydrogens (primary N) is 2. The van der Waals surface area contributed by atoms with Gasteiger partial charge in [0.25, 0.3) is 0 Å². The summed E-state index contributed by atoms with van der Waals surface area (Å²) >= 11 is 0. The average molecular weight is 625 g/mol. The number of carbonyl (C=O) groups is 3. The zero-order valence-corrected chi connectivity index (χ0v) is 24.1. The van der Waals surface area contributed by atoms with E-state index in [-0.39, 0.29) is 38.8 Å². The molecule has 1 heterocycles. The molecule has 0 saturated heterocycles. The van der Waals surface area contributed by atoms with Crippen LogP contribution in [0.5, 0.6) is 11.5 Å². The predicted octanol–water partition coefficient (Wildman–Crippen LogP) is 1.56. The fraction of sp³-hybridized carbons (Fsp3) is 0.179. The van der Waals surface area contributed by atoms with Crippen molar-refractivity contribution in [2.24, 2.45) is 10.9 Å². The molecule has 0 unspecified atom stereocenters. The predicted molar refractivity (Wildman–Crippen MR) is 158 cm³/mol. The lowest BCUT2D eigenvalue weighted by atomic mass is 9.80. The van der Waals surface area contributed by atoms with Crippen LogP contribution in [0.3, 0.4) is 0 Å². The zero-order valence-electron chi connectivity index (χ0n) is 23.2. The highest BCUT2D eigenvalue weighted by Crippen LogP contribution is 2.44. The number of amides is 1. The average Bonchev–Trinajstić information content (AvgIpc) is 3.35. The Hall–Kier alpha value is -5.48. The first-order valence-corrected chi connectivity index (χ1v) is 14.3. The summed E-state index contributed by atoms with van der Waals surface area (Å²) in [5.41, 5.74) is 5.07. The van der Waals surface area contributed by atoms with Gasteiger partial charge < -0.3 is 36.5 Å². The second-order valence-electron chi connectivity index (χ2n) is 10.5. The molecule has 11 N–H and O–H groups in total. The fourth-order valence-corrected chi connectivity index (χ4v) is 4.97. The molecule has 0 radical (unpaired) electrons. The summed E-state index contributed by atoms with van der Waals surface area (Å²) in [6.07, 6.45) is -0.890. The third kappa shape index (κ3) is 6.16. The lowest BCUT2D eigenvalue weighted by Crippen LogP contribution is -2.49. The van der Waals surface area contributed by atoms with Crippen LogP contribution in [0.1, 0.15) is 31.4 Å². The Morgan fingerprint density at radius 2 is 1.68 bits per heavy atom. The minimum atomic E-state index is -4.24. The molecule has 0 fully saturated rings. The number of aromatic amines is 1. The maximum atomic E-state index is 13.4. The number of sulfonamides is 1. The van der Waals surface area contributed by atoms with E-state index < -0.39 is 57.2 Å². The first-order chi connectivity index (χ1) is 20.4. The van der Waals surface area contributed by atoms with Crippen molar-refractivity contribution in [2.75, 3.05) is 0 Å². The number of nitrogens with one attached hydrogen (secondary N) is 3. The summed E-state index contributed by atoms with van der Waals surface area (Å²) in [6.45, 7) is 2.83. The minimum Gasteiger partial charge on any atom is -0.507 e. The van der Waals surface area contributed by atoms with Crippen LogP contribution in [0.25, 0.3) is 33.5 Å². The normalized spacial score (nSPS) is 12.5. The number of amidine groups is 1. The molecule has 0 bridgehead atoms. The molecule has 0 aliphatic heterocycles. The van der Waals surface area contributed by atoms with Crippen molar-refractivity contribution in [1.82, 2.24) is 15.3 Å². The Labute approximate surface area is 249 Å².